The third kappa shape index (κ3) is 1.90. The average molecular weight is 294 g/mol. The highest BCUT2D eigenvalue weighted by atomic mass is 79.9. The lowest BCUT2D eigenvalue weighted by molar-refractivity contribution is -0.118. The number of carbonyl (C=O) groups excluding carboxylic acids is 1. The molecule has 1 fully saturated rings. The van der Waals surface area contributed by atoms with Gasteiger partial charge in [-0.25, -0.2) is 0 Å². The van der Waals surface area contributed by atoms with E-state index in [1.807, 2.05) is 12.1 Å². The molecule has 1 amide bonds. The van der Waals surface area contributed by atoms with Gasteiger partial charge in [-0.05, 0) is 48.4 Å². The second kappa shape index (κ2) is 4.13. The van der Waals surface area contributed by atoms with Gasteiger partial charge in [0.05, 0.1) is 5.92 Å². The smallest absolute Gasteiger partial charge is 0.232 e. The summed E-state index contributed by atoms with van der Waals surface area (Å²) >= 11 is 3.49. The molecule has 3 rings (SSSR count). The summed E-state index contributed by atoms with van der Waals surface area (Å²) in [6, 6.07) is 6.08. The third-order valence-corrected chi connectivity index (χ3v) is 4.59. The summed E-state index contributed by atoms with van der Waals surface area (Å²) in [6.07, 6.45) is 3.63. The first-order valence-electron chi connectivity index (χ1n) is 6.25. The van der Waals surface area contributed by atoms with Gasteiger partial charge < -0.3 is 5.32 Å². The van der Waals surface area contributed by atoms with Gasteiger partial charge >= 0.3 is 0 Å². The first kappa shape index (κ1) is 11.3. The van der Waals surface area contributed by atoms with Crippen LogP contribution in [0.1, 0.15) is 37.7 Å². The number of rotatable bonds is 1. The van der Waals surface area contributed by atoms with Crippen molar-refractivity contribution in [2.24, 2.45) is 11.8 Å². The average Bonchev–Trinajstić information content (AvgIpc) is 2.81. The van der Waals surface area contributed by atoms with Crippen molar-refractivity contribution in [2.75, 3.05) is 5.32 Å². The van der Waals surface area contributed by atoms with Crippen LogP contribution < -0.4 is 5.32 Å². The van der Waals surface area contributed by atoms with Crippen LogP contribution in [0, 0.1) is 11.8 Å². The first-order chi connectivity index (χ1) is 8.15. The summed E-state index contributed by atoms with van der Waals surface area (Å²) in [5, 5.41) is 3.01. The number of amides is 1. The van der Waals surface area contributed by atoms with Gasteiger partial charge in [0.15, 0.2) is 0 Å². The molecule has 3 unspecified atom stereocenters. The highest BCUT2D eigenvalue weighted by Crippen LogP contribution is 2.46. The van der Waals surface area contributed by atoms with E-state index < -0.39 is 0 Å². The predicted molar refractivity (Wildman–Crippen MR) is 72.0 cm³/mol. The minimum absolute atomic E-state index is 0.0763. The molecule has 1 aromatic rings. The van der Waals surface area contributed by atoms with Gasteiger partial charge in [0, 0.05) is 10.2 Å². The Morgan fingerprint density at radius 1 is 1.35 bits per heavy atom. The van der Waals surface area contributed by atoms with Gasteiger partial charge in [0.1, 0.15) is 0 Å². The van der Waals surface area contributed by atoms with Crippen molar-refractivity contribution in [1.82, 2.24) is 0 Å². The second-order valence-electron chi connectivity index (χ2n) is 5.38. The topological polar surface area (TPSA) is 29.1 Å². The number of hydrogen-bond donors (Lipinski definition) is 1. The molecule has 0 bridgehead atoms. The Morgan fingerprint density at radius 2 is 2.18 bits per heavy atom. The molecule has 0 saturated heterocycles. The molecule has 2 nitrogen and oxygen atoms in total. The number of halogens is 1. The second-order valence-corrected chi connectivity index (χ2v) is 6.29. The third-order valence-electron chi connectivity index (χ3n) is 4.10. The van der Waals surface area contributed by atoms with E-state index >= 15 is 0 Å². The van der Waals surface area contributed by atoms with Crippen LogP contribution in [-0.2, 0) is 4.79 Å². The van der Waals surface area contributed by atoms with E-state index in [-0.39, 0.29) is 11.8 Å². The number of hydrogen-bond acceptors (Lipinski definition) is 1. The van der Waals surface area contributed by atoms with Gasteiger partial charge in [-0.15, -0.1) is 0 Å². The largest absolute Gasteiger partial charge is 0.325 e. The molecule has 1 heterocycles. The molecule has 1 saturated carbocycles. The van der Waals surface area contributed by atoms with Crippen molar-refractivity contribution < 1.29 is 4.79 Å². The van der Waals surface area contributed by atoms with E-state index in [2.05, 4.69) is 34.2 Å². The van der Waals surface area contributed by atoms with Crippen molar-refractivity contribution >= 4 is 27.5 Å². The lowest BCUT2D eigenvalue weighted by Crippen LogP contribution is -2.19. The molecule has 17 heavy (non-hydrogen) atoms. The number of nitrogens with one attached hydrogen (secondary N) is 1. The van der Waals surface area contributed by atoms with Gasteiger partial charge in [-0.3, -0.25) is 4.79 Å². The molecule has 3 atom stereocenters. The van der Waals surface area contributed by atoms with Crippen LogP contribution in [0.25, 0.3) is 0 Å². The normalized spacial score (nSPS) is 31.4. The standard InChI is InChI=1S/C14H16BrNO/c1-8-2-3-9(6-8)13-11-7-10(15)4-5-12(11)16-14(13)17/h4-5,7-9,13H,2-3,6H2,1H3,(H,16,17). The number of fused-ring (bicyclic) bond motifs is 1. The molecule has 1 aromatic carbocycles. The summed E-state index contributed by atoms with van der Waals surface area (Å²) in [5.74, 6) is 1.56. The Kier molecular flexibility index (Phi) is 2.74. The van der Waals surface area contributed by atoms with Gasteiger partial charge in [-0.2, -0.15) is 0 Å². The fourth-order valence-electron chi connectivity index (χ4n) is 3.28. The van der Waals surface area contributed by atoms with Gasteiger partial charge in [-0.1, -0.05) is 29.3 Å². The van der Waals surface area contributed by atoms with Crippen LogP contribution in [0.4, 0.5) is 5.69 Å². The fourth-order valence-corrected chi connectivity index (χ4v) is 3.66. The fraction of sp³-hybridized carbons (Fsp3) is 0.500. The van der Waals surface area contributed by atoms with E-state index in [9.17, 15) is 4.79 Å². The molecule has 3 heteroatoms. The van der Waals surface area contributed by atoms with E-state index in [0.29, 0.717) is 5.92 Å². The van der Waals surface area contributed by atoms with Crippen LogP contribution in [0.3, 0.4) is 0 Å². The zero-order valence-corrected chi connectivity index (χ0v) is 11.5. The lowest BCUT2D eigenvalue weighted by Gasteiger charge is -2.16. The van der Waals surface area contributed by atoms with Gasteiger partial charge in [0.2, 0.25) is 5.91 Å². The van der Waals surface area contributed by atoms with E-state index in [1.54, 1.807) is 0 Å². The zero-order valence-electron chi connectivity index (χ0n) is 9.87. The van der Waals surface area contributed by atoms with Gasteiger partial charge in [0.25, 0.3) is 0 Å². The highest BCUT2D eigenvalue weighted by Gasteiger charge is 2.39. The van der Waals surface area contributed by atoms with Crippen molar-refractivity contribution in [1.29, 1.82) is 0 Å². The SMILES string of the molecule is CC1CCC(C2C(=O)Nc3ccc(Br)cc32)C1. The molecule has 1 aliphatic heterocycles. The predicted octanol–water partition coefficient (Wildman–Crippen LogP) is 3.92. The molecule has 2 aliphatic rings. The van der Waals surface area contributed by atoms with Crippen LogP contribution in [0.15, 0.2) is 22.7 Å². The molecule has 1 aliphatic carbocycles. The molecule has 0 aromatic heterocycles. The Bertz CT molecular complexity index is 471. The Balaban J connectivity index is 1.96. The molecule has 0 spiro atoms. The summed E-state index contributed by atoms with van der Waals surface area (Å²) in [6.45, 7) is 2.29. The summed E-state index contributed by atoms with van der Waals surface area (Å²) in [7, 11) is 0. The van der Waals surface area contributed by atoms with Crippen molar-refractivity contribution in [3.63, 3.8) is 0 Å². The van der Waals surface area contributed by atoms with Crippen molar-refractivity contribution in [3.8, 4) is 0 Å². The maximum absolute atomic E-state index is 12.1. The molecular formula is C14H16BrNO. The molecule has 1 N–H and O–H groups in total. The summed E-state index contributed by atoms with van der Waals surface area (Å²) in [4.78, 5) is 12.1. The quantitative estimate of drug-likeness (QED) is 0.835. The van der Waals surface area contributed by atoms with E-state index in [4.69, 9.17) is 0 Å². The Morgan fingerprint density at radius 3 is 2.88 bits per heavy atom. The Labute approximate surface area is 110 Å². The zero-order chi connectivity index (χ0) is 12.0. The number of anilines is 1. The molecular weight excluding hydrogens is 278 g/mol. The first-order valence-corrected chi connectivity index (χ1v) is 7.05. The van der Waals surface area contributed by atoms with Crippen molar-refractivity contribution in [3.05, 3.63) is 28.2 Å². The van der Waals surface area contributed by atoms with E-state index in [1.165, 1.54) is 24.8 Å². The minimum atomic E-state index is 0.0763. The Hall–Kier alpha value is -0.830. The van der Waals surface area contributed by atoms with Crippen LogP contribution >= 0.6 is 15.9 Å². The highest BCUT2D eigenvalue weighted by molar-refractivity contribution is 9.10. The lowest BCUT2D eigenvalue weighted by atomic mass is 9.85. The molecule has 0 radical (unpaired) electrons. The minimum Gasteiger partial charge on any atom is -0.325 e. The van der Waals surface area contributed by atoms with Crippen molar-refractivity contribution in [2.45, 2.75) is 32.1 Å². The van der Waals surface area contributed by atoms with E-state index in [0.717, 1.165) is 16.1 Å². The maximum Gasteiger partial charge on any atom is 0.232 e. The van der Waals surface area contributed by atoms with Crippen LogP contribution in [0.5, 0.6) is 0 Å². The number of carbonyl (C=O) groups is 1. The monoisotopic (exact) mass is 293 g/mol. The van der Waals surface area contributed by atoms with Crippen LogP contribution in [-0.4, -0.2) is 5.91 Å². The summed E-state index contributed by atoms with van der Waals surface area (Å²) < 4.78 is 1.06. The number of benzene rings is 1. The van der Waals surface area contributed by atoms with Crippen LogP contribution in [0.2, 0.25) is 0 Å². The molecule has 90 valence electrons. The summed E-state index contributed by atoms with van der Waals surface area (Å²) in [5.41, 5.74) is 2.19. The maximum atomic E-state index is 12.1.